The van der Waals surface area contributed by atoms with Gasteiger partial charge in [0.15, 0.2) is 5.84 Å². The summed E-state index contributed by atoms with van der Waals surface area (Å²) in [5.41, 5.74) is 2.74. The van der Waals surface area contributed by atoms with E-state index in [1.54, 1.807) is 7.11 Å². The van der Waals surface area contributed by atoms with Gasteiger partial charge in [0.2, 0.25) is 5.91 Å². The molecule has 4 rings (SSSR count). The topological polar surface area (TPSA) is 90.1 Å². The maximum absolute atomic E-state index is 12.8. The molecule has 2 N–H and O–H groups in total. The molecule has 0 spiro atoms. The largest absolute Gasteiger partial charge is 0.497 e. The number of benzene rings is 1. The monoisotopic (exact) mass is 379 g/mol. The third kappa shape index (κ3) is 3.32. The van der Waals surface area contributed by atoms with Gasteiger partial charge in [0.05, 0.1) is 18.4 Å². The number of methoxy groups -OCH3 is 1. The Morgan fingerprint density at radius 2 is 2.07 bits per heavy atom. The molecule has 0 saturated heterocycles. The zero-order valence-electron chi connectivity index (χ0n) is 16.2. The van der Waals surface area contributed by atoms with E-state index in [2.05, 4.69) is 20.2 Å². The Bertz CT molecular complexity index is 896. The molecule has 0 bridgehead atoms. The molecule has 1 aromatic rings. The van der Waals surface area contributed by atoms with Gasteiger partial charge in [-0.2, -0.15) is 0 Å². The van der Waals surface area contributed by atoms with Crippen LogP contribution in [0.25, 0.3) is 0 Å². The summed E-state index contributed by atoms with van der Waals surface area (Å²) in [5.74, 6) is 0.0987. The predicted molar refractivity (Wildman–Crippen MR) is 111 cm³/mol. The molecular formula is C21H25N5O2. The lowest BCUT2D eigenvalue weighted by Gasteiger charge is -2.31. The smallest absolute Gasteiger partial charge is 0.238 e. The summed E-state index contributed by atoms with van der Waals surface area (Å²) in [4.78, 5) is 23.4. The number of rotatable bonds is 4. The molecule has 1 aromatic carbocycles. The molecule has 1 aliphatic carbocycles. The minimum absolute atomic E-state index is 0.136. The van der Waals surface area contributed by atoms with Gasteiger partial charge in [0.25, 0.3) is 0 Å². The molecule has 0 aromatic heterocycles. The molecule has 2 heterocycles. The maximum Gasteiger partial charge on any atom is 0.238 e. The predicted octanol–water partition coefficient (Wildman–Crippen LogP) is 3.34. The van der Waals surface area contributed by atoms with Crippen molar-refractivity contribution >= 4 is 29.5 Å². The number of amides is 1. The van der Waals surface area contributed by atoms with Crippen molar-refractivity contribution in [3.63, 3.8) is 0 Å². The Hall–Kier alpha value is -2.96. The average Bonchev–Trinajstić information content (AvgIpc) is 3.04. The molecule has 146 valence electrons. The number of ether oxygens (including phenoxy) is 1. The van der Waals surface area contributed by atoms with E-state index in [4.69, 9.17) is 10.1 Å². The average molecular weight is 379 g/mol. The molecule has 1 unspecified atom stereocenters. The van der Waals surface area contributed by atoms with E-state index in [9.17, 15) is 4.79 Å². The fourth-order valence-electron chi connectivity index (χ4n) is 4.20. The summed E-state index contributed by atoms with van der Waals surface area (Å²) in [6, 6.07) is 5.97. The van der Waals surface area contributed by atoms with Gasteiger partial charge in [0.1, 0.15) is 18.0 Å². The molecule has 1 saturated carbocycles. The number of aliphatic imine (C=N–C) groups is 2. The number of hydrogen-bond donors (Lipinski definition) is 2. The Morgan fingerprint density at radius 3 is 2.82 bits per heavy atom. The number of nitrogens with zero attached hydrogens (tertiary/aromatic N) is 3. The minimum Gasteiger partial charge on any atom is -0.497 e. The molecule has 2 aliphatic heterocycles. The third-order valence-electron chi connectivity index (χ3n) is 5.76. The second-order valence-electron chi connectivity index (χ2n) is 7.48. The van der Waals surface area contributed by atoms with E-state index in [-0.39, 0.29) is 11.7 Å². The number of fused-ring (bicyclic) bond motifs is 1. The third-order valence-corrected chi connectivity index (χ3v) is 5.76. The van der Waals surface area contributed by atoms with Gasteiger partial charge in [-0.1, -0.05) is 19.3 Å². The van der Waals surface area contributed by atoms with Crippen LogP contribution in [0, 0.1) is 5.41 Å². The zero-order valence-corrected chi connectivity index (χ0v) is 16.2. The number of carbonyl (C=O) groups is 1. The lowest BCUT2D eigenvalue weighted by molar-refractivity contribution is -0.115. The Balaban J connectivity index is 1.70. The van der Waals surface area contributed by atoms with Crippen molar-refractivity contribution < 1.29 is 9.53 Å². The molecule has 1 atom stereocenters. The van der Waals surface area contributed by atoms with E-state index in [1.165, 1.54) is 25.6 Å². The van der Waals surface area contributed by atoms with Crippen LogP contribution in [0.15, 0.2) is 40.0 Å². The van der Waals surface area contributed by atoms with Crippen LogP contribution in [-0.4, -0.2) is 48.9 Å². The van der Waals surface area contributed by atoms with Crippen molar-refractivity contribution in [2.45, 2.75) is 44.1 Å². The van der Waals surface area contributed by atoms with Gasteiger partial charge in [-0.25, -0.2) is 9.98 Å². The minimum atomic E-state index is -0.580. The van der Waals surface area contributed by atoms with E-state index in [0.29, 0.717) is 23.1 Å². The van der Waals surface area contributed by atoms with Crippen molar-refractivity contribution in [1.29, 1.82) is 5.41 Å². The van der Waals surface area contributed by atoms with Gasteiger partial charge >= 0.3 is 0 Å². The number of hydrogen-bond acceptors (Lipinski definition) is 5. The first kappa shape index (κ1) is 18.4. The van der Waals surface area contributed by atoms with Gasteiger partial charge in [-0.05, 0) is 36.6 Å². The molecular weight excluding hydrogens is 354 g/mol. The maximum atomic E-state index is 12.8. The normalized spacial score (nSPS) is 23.4. The van der Waals surface area contributed by atoms with Gasteiger partial charge in [0, 0.05) is 25.0 Å². The van der Waals surface area contributed by atoms with Crippen molar-refractivity contribution in [3.05, 3.63) is 35.5 Å². The van der Waals surface area contributed by atoms with Gasteiger partial charge < -0.3 is 15.0 Å². The highest BCUT2D eigenvalue weighted by atomic mass is 16.5. The summed E-state index contributed by atoms with van der Waals surface area (Å²) in [6.45, 7) is 0. The van der Waals surface area contributed by atoms with Crippen LogP contribution >= 0.6 is 0 Å². The molecule has 28 heavy (non-hydrogen) atoms. The molecule has 1 fully saturated rings. The Labute approximate surface area is 164 Å². The molecule has 0 radical (unpaired) electrons. The standard InChI is InChI=1S/C21H25N5O2/c1-26(13-6-4-3-5-7-13)11-16-19(23-12-24-20(16)22)18-15-10-14(28-2)8-9-17(15)25-21(18)27/h8-13,18,22H,3-7H2,1-2H3,(H,25,27)/b16-11-,22-20?. The number of anilines is 1. The number of nitrogens with one attached hydrogen (secondary N) is 2. The highest BCUT2D eigenvalue weighted by Crippen LogP contribution is 2.38. The van der Waals surface area contributed by atoms with E-state index < -0.39 is 5.92 Å². The number of carbonyl (C=O) groups excluding carboxylic acids is 1. The van der Waals surface area contributed by atoms with Crippen LogP contribution in [0.1, 0.15) is 43.6 Å². The van der Waals surface area contributed by atoms with Crippen LogP contribution < -0.4 is 10.1 Å². The fraction of sp³-hybridized carbons (Fsp3) is 0.429. The molecule has 7 nitrogen and oxygen atoms in total. The molecule has 7 heteroatoms. The second kappa shape index (κ2) is 7.58. The van der Waals surface area contributed by atoms with Crippen LogP contribution in [0.4, 0.5) is 5.69 Å². The summed E-state index contributed by atoms with van der Waals surface area (Å²) in [5, 5.41) is 11.3. The van der Waals surface area contributed by atoms with Gasteiger partial charge in [-0.3, -0.25) is 10.2 Å². The summed E-state index contributed by atoms with van der Waals surface area (Å²) >= 11 is 0. The lowest BCUT2D eigenvalue weighted by Crippen LogP contribution is -2.33. The first-order chi connectivity index (χ1) is 13.6. The van der Waals surface area contributed by atoms with E-state index in [1.807, 2.05) is 31.4 Å². The van der Waals surface area contributed by atoms with Crippen molar-refractivity contribution in [3.8, 4) is 5.75 Å². The van der Waals surface area contributed by atoms with Crippen molar-refractivity contribution in [2.24, 2.45) is 9.98 Å². The van der Waals surface area contributed by atoms with Crippen LogP contribution in [0.3, 0.4) is 0 Å². The van der Waals surface area contributed by atoms with Crippen LogP contribution in [0.5, 0.6) is 5.75 Å². The summed E-state index contributed by atoms with van der Waals surface area (Å²) in [7, 11) is 3.64. The molecule has 1 amide bonds. The van der Waals surface area contributed by atoms with E-state index >= 15 is 0 Å². The van der Waals surface area contributed by atoms with Crippen molar-refractivity contribution in [1.82, 2.24) is 4.90 Å². The summed E-state index contributed by atoms with van der Waals surface area (Å²) < 4.78 is 5.33. The highest BCUT2D eigenvalue weighted by Gasteiger charge is 2.38. The highest BCUT2D eigenvalue weighted by molar-refractivity contribution is 6.35. The fourth-order valence-corrected chi connectivity index (χ4v) is 4.20. The quantitative estimate of drug-likeness (QED) is 0.841. The lowest BCUT2D eigenvalue weighted by atomic mass is 9.89. The number of amidine groups is 1. The Morgan fingerprint density at radius 1 is 1.29 bits per heavy atom. The van der Waals surface area contributed by atoms with Crippen molar-refractivity contribution in [2.75, 3.05) is 19.5 Å². The molecule has 3 aliphatic rings. The van der Waals surface area contributed by atoms with Crippen LogP contribution in [-0.2, 0) is 4.79 Å². The Kier molecular flexibility index (Phi) is 4.98. The van der Waals surface area contributed by atoms with E-state index in [0.717, 1.165) is 24.1 Å². The zero-order chi connectivity index (χ0) is 19.7. The summed E-state index contributed by atoms with van der Waals surface area (Å²) in [6.07, 6.45) is 9.34. The SMILES string of the molecule is COc1ccc2c(c1)C(C1=NC=NC(=N)/C1=C\N(C)C1CCCCC1)C(=O)N2. The first-order valence-corrected chi connectivity index (χ1v) is 9.70. The van der Waals surface area contributed by atoms with Gasteiger partial charge in [-0.15, -0.1) is 0 Å². The first-order valence-electron chi connectivity index (χ1n) is 9.70. The van der Waals surface area contributed by atoms with Crippen LogP contribution in [0.2, 0.25) is 0 Å². The second-order valence-corrected chi connectivity index (χ2v) is 7.48.